The van der Waals surface area contributed by atoms with Crippen LogP contribution in [0.4, 0.5) is 5.69 Å². The molecule has 0 aliphatic carbocycles. The molecule has 0 atom stereocenters. The van der Waals surface area contributed by atoms with Crippen LogP contribution in [0.5, 0.6) is 0 Å². The summed E-state index contributed by atoms with van der Waals surface area (Å²) in [7, 11) is 0. The molecular formula is C22H24ClN3O2. The van der Waals surface area contributed by atoms with Crippen molar-refractivity contribution in [3.63, 3.8) is 0 Å². The summed E-state index contributed by atoms with van der Waals surface area (Å²) >= 11 is 6.66. The predicted octanol–water partition coefficient (Wildman–Crippen LogP) is 4.99. The van der Waals surface area contributed by atoms with Crippen molar-refractivity contribution < 1.29 is 9.53 Å². The molecule has 6 heteroatoms. The SMILES string of the molecule is Cc1ccc(NC(=O)c2cnc3c(c(C)cn3CC3CCOCC3)c2Cl)cc1. The van der Waals surface area contributed by atoms with Crippen molar-refractivity contribution in [2.75, 3.05) is 18.5 Å². The van der Waals surface area contributed by atoms with Crippen molar-refractivity contribution in [2.24, 2.45) is 5.92 Å². The summed E-state index contributed by atoms with van der Waals surface area (Å²) in [6.45, 7) is 6.55. The minimum Gasteiger partial charge on any atom is -0.381 e. The number of rotatable bonds is 4. The lowest BCUT2D eigenvalue weighted by Gasteiger charge is -2.22. The smallest absolute Gasteiger partial charge is 0.258 e. The van der Waals surface area contributed by atoms with Gasteiger partial charge >= 0.3 is 0 Å². The van der Waals surface area contributed by atoms with Gasteiger partial charge in [0.05, 0.1) is 10.6 Å². The fraction of sp³-hybridized carbons (Fsp3) is 0.364. The number of aryl methyl sites for hydroxylation is 2. The van der Waals surface area contributed by atoms with E-state index in [4.69, 9.17) is 16.3 Å². The molecule has 1 N–H and O–H groups in total. The molecule has 1 aromatic carbocycles. The molecule has 146 valence electrons. The number of carbonyl (C=O) groups is 1. The molecular weight excluding hydrogens is 374 g/mol. The molecule has 0 bridgehead atoms. The first-order chi connectivity index (χ1) is 13.5. The topological polar surface area (TPSA) is 56.2 Å². The van der Waals surface area contributed by atoms with Crippen LogP contribution in [0.25, 0.3) is 11.0 Å². The van der Waals surface area contributed by atoms with E-state index in [9.17, 15) is 4.79 Å². The van der Waals surface area contributed by atoms with Crippen LogP contribution in [0.2, 0.25) is 5.02 Å². The number of pyridine rings is 1. The molecule has 5 nitrogen and oxygen atoms in total. The Balaban J connectivity index is 1.62. The fourth-order valence-corrected chi connectivity index (χ4v) is 4.11. The van der Waals surface area contributed by atoms with Crippen LogP contribution in [0, 0.1) is 19.8 Å². The van der Waals surface area contributed by atoms with Gasteiger partial charge in [0.15, 0.2) is 0 Å². The largest absolute Gasteiger partial charge is 0.381 e. The third-order valence-corrected chi connectivity index (χ3v) is 5.75. The molecule has 1 amide bonds. The Kier molecular flexibility index (Phi) is 5.38. The van der Waals surface area contributed by atoms with E-state index in [0.717, 1.165) is 60.4 Å². The van der Waals surface area contributed by atoms with Gasteiger partial charge in [0.2, 0.25) is 0 Å². The van der Waals surface area contributed by atoms with Crippen LogP contribution in [0.1, 0.15) is 34.3 Å². The molecule has 1 aliphatic heterocycles. The number of ether oxygens (including phenoxy) is 1. The summed E-state index contributed by atoms with van der Waals surface area (Å²) in [4.78, 5) is 17.3. The van der Waals surface area contributed by atoms with Crippen LogP contribution >= 0.6 is 11.6 Å². The van der Waals surface area contributed by atoms with Gasteiger partial charge in [-0.3, -0.25) is 4.79 Å². The van der Waals surface area contributed by atoms with Crippen molar-refractivity contribution in [1.29, 1.82) is 0 Å². The number of hydrogen-bond acceptors (Lipinski definition) is 3. The lowest BCUT2D eigenvalue weighted by Crippen LogP contribution is -2.20. The Morgan fingerprint density at radius 2 is 1.96 bits per heavy atom. The number of hydrogen-bond donors (Lipinski definition) is 1. The number of aromatic nitrogens is 2. The first kappa shape index (κ1) is 19.0. The predicted molar refractivity (Wildman–Crippen MR) is 112 cm³/mol. The van der Waals surface area contributed by atoms with Crippen molar-refractivity contribution in [2.45, 2.75) is 33.2 Å². The molecule has 1 saturated heterocycles. The highest BCUT2D eigenvalue weighted by molar-refractivity contribution is 6.39. The molecule has 1 fully saturated rings. The lowest BCUT2D eigenvalue weighted by molar-refractivity contribution is 0.0616. The van der Waals surface area contributed by atoms with Crippen molar-refractivity contribution in [3.8, 4) is 0 Å². The average molecular weight is 398 g/mol. The molecule has 4 rings (SSSR count). The minimum atomic E-state index is -0.250. The van der Waals surface area contributed by atoms with Crippen molar-refractivity contribution in [3.05, 3.63) is 58.4 Å². The second-order valence-corrected chi connectivity index (χ2v) is 7.90. The van der Waals surface area contributed by atoms with E-state index in [2.05, 4.69) is 21.1 Å². The van der Waals surface area contributed by atoms with Gasteiger partial charge in [0.25, 0.3) is 5.91 Å². The molecule has 0 spiro atoms. The van der Waals surface area contributed by atoms with E-state index in [1.807, 2.05) is 38.1 Å². The number of anilines is 1. The van der Waals surface area contributed by atoms with Gasteiger partial charge in [-0.25, -0.2) is 4.98 Å². The summed E-state index contributed by atoms with van der Waals surface area (Å²) in [6.07, 6.45) is 5.78. The maximum atomic E-state index is 12.7. The van der Waals surface area contributed by atoms with Crippen molar-refractivity contribution in [1.82, 2.24) is 9.55 Å². The van der Waals surface area contributed by atoms with Gasteiger partial charge in [0.1, 0.15) is 5.65 Å². The number of benzene rings is 1. The maximum Gasteiger partial charge on any atom is 0.258 e. The average Bonchev–Trinajstić information content (AvgIpc) is 3.01. The Morgan fingerprint density at radius 1 is 1.25 bits per heavy atom. The summed E-state index contributed by atoms with van der Waals surface area (Å²) < 4.78 is 7.62. The number of fused-ring (bicyclic) bond motifs is 1. The first-order valence-corrected chi connectivity index (χ1v) is 10.0. The number of nitrogens with zero attached hydrogens (tertiary/aromatic N) is 2. The minimum absolute atomic E-state index is 0.250. The van der Waals surface area contributed by atoms with Crippen LogP contribution in [-0.2, 0) is 11.3 Å². The summed E-state index contributed by atoms with van der Waals surface area (Å²) in [5.41, 5.74) is 4.13. The van der Waals surface area contributed by atoms with Crippen LogP contribution in [-0.4, -0.2) is 28.7 Å². The molecule has 1 aliphatic rings. The van der Waals surface area contributed by atoms with Crippen LogP contribution in [0.15, 0.2) is 36.7 Å². The summed E-state index contributed by atoms with van der Waals surface area (Å²) in [5, 5.41) is 4.21. The maximum absolute atomic E-state index is 12.7. The molecule has 0 unspecified atom stereocenters. The fourth-order valence-electron chi connectivity index (χ4n) is 3.75. The zero-order chi connectivity index (χ0) is 19.7. The number of carbonyl (C=O) groups excluding carboxylic acids is 1. The molecule has 3 heterocycles. The Labute approximate surface area is 169 Å². The van der Waals surface area contributed by atoms with Gasteiger partial charge in [-0.05, 0) is 50.3 Å². The standard InChI is InChI=1S/C22H24ClN3O2/c1-14-3-5-17(6-4-14)25-22(27)18-11-24-21-19(20(18)23)15(2)12-26(21)13-16-7-9-28-10-8-16/h3-6,11-12,16H,7-10,13H2,1-2H3,(H,25,27). The van der Waals surface area contributed by atoms with Gasteiger partial charge in [-0.2, -0.15) is 0 Å². The highest BCUT2D eigenvalue weighted by Gasteiger charge is 2.21. The normalized spacial score (nSPS) is 15.1. The molecule has 3 aromatic rings. The first-order valence-electron chi connectivity index (χ1n) is 9.62. The Bertz CT molecular complexity index is 1000. The monoisotopic (exact) mass is 397 g/mol. The Hall–Kier alpha value is -2.37. The zero-order valence-electron chi connectivity index (χ0n) is 16.2. The van der Waals surface area contributed by atoms with E-state index >= 15 is 0 Å². The molecule has 2 aromatic heterocycles. The van der Waals surface area contributed by atoms with Gasteiger partial charge in [0, 0.05) is 43.2 Å². The van der Waals surface area contributed by atoms with Gasteiger partial charge < -0.3 is 14.6 Å². The van der Waals surface area contributed by atoms with Gasteiger partial charge in [-0.1, -0.05) is 29.3 Å². The molecule has 0 saturated carbocycles. The lowest BCUT2D eigenvalue weighted by atomic mass is 10.0. The van der Waals surface area contributed by atoms with E-state index in [0.29, 0.717) is 16.5 Å². The third-order valence-electron chi connectivity index (χ3n) is 5.36. The highest BCUT2D eigenvalue weighted by atomic mass is 35.5. The quantitative estimate of drug-likeness (QED) is 0.675. The summed E-state index contributed by atoms with van der Waals surface area (Å²) in [5.74, 6) is 0.327. The van der Waals surface area contributed by atoms with Crippen molar-refractivity contribution >= 4 is 34.2 Å². The Morgan fingerprint density at radius 3 is 2.68 bits per heavy atom. The molecule has 0 radical (unpaired) electrons. The van der Waals surface area contributed by atoms with E-state index in [-0.39, 0.29) is 5.91 Å². The van der Waals surface area contributed by atoms with Crippen LogP contribution in [0.3, 0.4) is 0 Å². The number of amides is 1. The summed E-state index contributed by atoms with van der Waals surface area (Å²) in [6, 6.07) is 7.67. The van der Waals surface area contributed by atoms with E-state index < -0.39 is 0 Å². The third kappa shape index (κ3) is 3.77. The van der Waals surface area contributed by atoms with E-state index in [1.165, 1.54) is 0 Å². The number of halogens is 1. The highest BCUT2D eigenvalue weighted by Crippen LogP contribution is 2.31. The second-order valence-electron chi connectivity index (χ2n) is 7.52. The zero-order valence-corrected chi connectivity index (χ0v) is 16.9. The second kappa shape index (κ2) is 7.94. The van der Waals surface area contributed by atoms with E-state index in [1.54, 1.807) is 6.20 Å². The number of nitrogens with one attached hydrogen (secondary N) is 1. The van der Waals surface area contributed by atoms with Gasteiger partial charge in [-0.15, -0.1) is 0 Å². The molecule has 28 heavy (non-hydrogen) atoms. The van der Waals surface area contributed by atoms with Crippen LogP contribution < -0.4 is 5.32 Å².